The monoisotopic (exact) mass is 380 g/mol. The van der Waals surface area contributed by atoms with Gasteiger partial charge in [0.1, 0.15) is 5.75 Å². The van der Waals surface area contributed by atoms with Gasteiger partial charge in [0.05, 0.1) is 24.4 Å². The highest BCUT2D eigenvalue weighted by atomic mass is 16.5. The topological polar surface area (TPSA) is 86.8 Å². The number of benzene rings is 2. The molecular weight excluding hydrogens is 356 g/mol. The van der Waals surface area contributed by atoms with Crippen molar-refractivity contribution in [1.82, 2.24) is 10.1 Å². The molecule has 1 atom stereocenters. The van der Waals surface area contributed by atoms with E-state index >= 15 is 0 Å². The van der Waals surface area contributed by atoms with Gasteiger partial charge in [-0.05, 0) is 41.3 Å². The lowest BCUT2D eigenvalue weighted by Crippen LogP contribution is -2.42. The number of aliphatic hydroxyl groups excluding tert-OH is 1. The molecule has 0 bridgehead atoms. The smallest absolute Gasteiger partial charge is 0.253 e. The summed E-state index contributed by atoms with van der Waals surface area (Å²) in [5, 5.41) is 23.4. The number of amides is 1. The van der Waals surface area contributed by atoms with Gasteiger partial charge in [-0.2, -0.15) is 0 Å². The summed E-state index contributed by atoms with van der Waals surface area (Å²) < 4.78 is 5.15. The Kier molecular flexibility index (Phi) is 5.80. The fraction of sp³-hybridized carbons (Fsp3) is 0.273. The predicted molar refractivity (Wildman–Crippen MR) is 107 cm³/mol. The highest BCUT2D eigenvalue weighted by molar-refractivity contribution is 5.95. The molecule has 0 saturated carbocycles. The van der Waals surface area contributed by atoms with Crippen molar-refractivity contribution in [1.29, 1.82) is 0 Å². The van der Waals surface area contributed by atoms with Crippen LogP contribution in [0.5, 0.6) is 5.75 Å². The van der Waals surface area contributed by atoms with Gasteiger partial charge in [-0.3, -0.25) is 4.79 Å². The summed E-state index contributed by atoms with van der Waals surface area (Å²) in [4.78, 5) is 14.5. The molecule has 0 aliphatic carbocycles. The maximum absolute atomic E-state index is 12.9. The fourth-order valence-electron chi connectivity index (χ4n) is 3.23. The third kappa shape index (κ3) is 3.92. The number of carbonyl (C=O) groups excluding carboxylic acids is 1. The zero-order chi connectivity index (χ0) is 20.3. The summed E-state index contributed by atoms with van der Waals surface area (Å²) >= 11 is 0. The van der Waals surface area contributed by atoms with Crippen LogP contribution in [0.1, 0.15) is 24.2 Å². The lowest BCUT2D eigenvalue weighted by molar-refractivity contribution is 0.0588. The molecule has 0 radical (unpaired) electrons. The summed E-state index contributed by atoms with van der Waals surface area (Å²) in [5.41, 5.74) is 2.74. The molecule has 0 spiro atoms. The van der Waals surface area contributed by atoms with Crippen LogP contribution in [0.3, 0.4) is 0 Å². The number of aliphatic hydroxyl groups is 1. The Morgan fingerprint density at radius 2 is 1.89 bits per heavy atom. The Balaban J connectivity index is 1.94. The summed E-state index contributed by atoms with van der Waals surface area (Å²) in [6, 6.07) is 13.9. The SMILES string of the molecule is CC(C)[C@H](CO)N(C)C(=O)c1cccc(-c2ccc(O)c(-c3ccno3)c2)c1. The molecule has 3 rings (SSSR count). The van der Waals surface area contributed by atoms with Gasteiger partial charge in [0.2, 0.25) is 0 Å². The van der Waals surface area contributed by atoms with E-state index in [0.29, 0.717) is 16.9 Å². The summed E-state index contributed by atoms with van der Waals surface area (Å²) in [5.74, 6) is 0.553. The lowest BCUT2D eigenvalue weighted by Gasteiger charge is -2.29. The van der Waals surface area contributed by atoms with Crippen LogP contribution in [-0.2, 0) is 0 Å². The first kappa shape index (κ1) is 19.6. The molecule has 0 aliphatic heterocycles. The van der Waals surface area contributed by atoms with E-state index in [-0.39, 0.29) is 30.2 Å². The number of hydrogen-bond acceptors (Lipinski definition) is 5. The van der Waals surface area contributed by atoms with Crippen molar-refractivity contribution < 1.29 is 19.5 Å². The average Bonchev–Trinajstić information content (AvgIpc) is 3.22. The molecule has 0 unspecified atom stereocenters. The average molecular weight is 380 g/mol. The van der Waals surface area contributed by atoms with E-state index in [9.17, 15) is 15.0 Å². The van der Waals surface area contributed by atoms with Gasteiger partial charge in [0, 0.05) is 18.7 Å². The minimum atomic E-state index is -0.247. The van der Waals surface area contributed by atoms with E-state index in [0.717, 1.165) is 11.1 Å². The molecule has 3 aromatic rings. The van der Waals surface area contributed by atoms with Crippen LogP contribution in [0.15, 0.2) is 59.3 Å². The van der Waals surface area contributed by atoms with Crippen molar-refractivity contribution in [3.05, 3.63) is 60.3 Å². The first-order valence-electron chi connectivity index (χ1n) is 9.15. The summed E-state index contributed by atoms with van der Waals surface area (Å²) in [7, 11) is 1.71. The van der Waals surface area contributed by atoms with Crippen molar-refractivity contribution >= 4 is 5.91 Å². The third-order valence-electron chi connectivity index (χ3n) is 4.92. The lowest BCUT2D eigenvalue weighted by atomic mass is 9.98. The van der Waals surface area contributed by atoms with Crippen LogP contribution in [0, 0.1) is 5.92 Å². The standard InChI is InChI=1S/C22H24N2O4/c1-14(2)19(13-25)24(3)22(27)17-6-4-5-15(11-17)16-7-8-20(26)18(12-16)21-9-10-23-28-21/h4-12,14,19,25-26H,13H2,1-3H3/t19-/m0/s1. The minimum absolute atomic E-state index is 0.0852. The fourth-order valence-corrected chi connectivity index (χ4v) is 3.23. The number of aromatic nitrogens is 1. The van der Waals surface area contributed by atoms with Gasteiger partial charge >= 0.3 is 0 Å². The van der Waals surface area contributed by atoms with Gasteiger partial charge in [-0.1, -0.05) is 37.2 Å². The van der Waals surface area contributed by atoms with Crippen LogP contribution in [0.2, 0.25) is 0 Å². The number of phenols is 1. The molecule has 28 heavy (non-hydrogen) atoms. The highest BCUT2D eigenvalue weighted by Crippen LogP contribution is 2.33. The molecule has 1 heterocycles. The minimum Gasteiger partial charge on any atom is -0.507 e. The van der Waals surface area contributed by atoms with Crippen LogP contribution >= 0.6 is 0 Å². The molecule has 6 heteroatoms. The Morgan fingerprint density at radius 1 is 1.14 bits per heavy atom. The predicted octanol–water partition coefficient (Wildman–Crippen LogP) is 3.80. The Morgan fingerprint density at radius 3 is 2.54 bits per heavy atom. The number of likely N-dealkylation sites (N-methyl/N-ethyl adjacent to an activating group) is 1. The van der Waals surface area contributed by atoms with Crippen molar-refractivity contribution in [2.45, 2.75) is 19.9 Å². The largest absolute Gasteiger partial charge is 0.507 e. The quantitative estimate of drug-likeness (QED) is 0.679. The number of hydrogen-bond donors (Lipinski definition) is 2. The van der Waals surface area contributed by atoms with Crippen molar-refractivity contribution in [2.24, 2.45) is 5.92 Å². The van der Waals surface area contributed by atoms with E-state index in [1.54, 1.807) is 42.3 Å². The maximum Gasteiger partial charge on any atom is 0.253 e. The normalized spacial score (nSPS) is 12.2. The van der Waals surface area contributed by atoms with Crippen LogP contribution in [0.4, 0.5) is 0 Å². The number of nitrogens with zero attached hydrogens (tertiary/aromatic N) is 2. The van der Waals surface area contributed by atoms with Crippen LogP contribution in [-0.4, -0.2) is 45.9 Å². The molecule has 0 saturated heterocycles. The first-order chi connectivity index (χ1) is 13.4. The Bertz CT molecular complexity index is 951. The molecule has 6 nitrogen and oxygen atoms in total. The summed E-state index contributed by atoms with van der Waals surface area (Å²) in [6.45, 7) is 3.86. The van der Waals surface area contributed by atoms with E-state index in [1.807, 2.05) is 32.0 Å². The van der Waals surface area contributed by atoms with Gasteiger partial charge < -0.3 is 19.6 Å². The Hall–Kier alpha value is -3.12. The number of rotatable bonds is 6. The van der Waals surface area contributed by atoms with Crippen LogP contribution < -0.4 is 0 Å². The van der Waals surface area contributed by atoms with E-state index in [2.05, 4.69) is 5.16 Å². The van der Waals surface area contributed by atoms with Crippen molar-refractivity contribution in [2.75, 3.05) is 13.7 Å². The number of aromatic hydroxyl groups is 1. The van der Waals surface area contributed by atoms with Gasteiger partial charge in [-0.15, -0.1) is 0 Å². The highest BCUT2D eigenvalue weighted by Gasteiger charge is 2.23. The first-order valence-corrected chi connectivity index (χ1v) is 9.15. The van der Waals surface area contributed by atoms with Crippen LogP contribution in [0.25, 0.3) is 22.5 Å². The van der Waals surface area contributed by atoms with Crippen molar-refractivity contribution in [3.63, 3.8) is 0 Å². The molecule has 1 amide bonds. The van der Waals surface area contributed by atoms with Gasteiger partial charge in [0.15, 0.2) is 5.76 Å². The zero-order valence-corrected chi connectivity index (χ0v) is 16.2. The molecule has 1 aromatic heterocycles. The van der Waals surface area contributed by atoms with Crippen molar-refractivity contribution in [3.8, 4) is 28.2 Å². The number of carbonyl (C=O) groups is 1. The van der Waals surface area contributed by atoms with E-state index in [1.165, 1.54) is 6.20 Å². The second-order valence-corrected chi connectivity index (χ2v) is 7.10. The second-order valence-electron chi connectivity index (χ2n) is 7.10. The number of phenolic OH excluding ortho intramolecular Hbond substituents is 1. The molecule has 0 aliphatic rings. The molecular formula is C22H24N2O4. The van der Waals surface area contributed by atoms with E-state index < -0.39 is 0 Å². The van der Waals surface area contributed by atoms with Gasteiger partial charge in [-0.25, -0.2) is 0 Å². The Labute approximate surface area is 164 Å². The second kappa shape index (κ2) is 8.27. The molecule has 146 valence electrons. The summed E-state index contributed by atoms with van der Waals surface area (Å²) in [6.07, 6.45) is 1.52. The molecule has 2 aromatic carbocycles. The zero-order valence-electron chi connectivity index (χ0n) is 16.2. The third-order valence-corrected chi connectivity index (χ3v) is 4.92. The van der Waals surface area contributed by atoms with E-state index in [4.69, 9.17) is 4.52 Å². The van der Waals surface area contributed by atoms with Gasteiger partial charge in [0.25, 0.3) is 5.91 Å². The maximum atomic E-state index is 12.9. The molecule has 0 fully saturated rings. The molecule has 2 N–H and O–H groups in total.